The minimum Gasteiger partial charge on any atom is -0.377 e. The predicted octanol–water partition coefficient (Wildman–Crippen LogP) is 4.72. The largest absolute Gasteiger partial charge is 0.377 e. The highest BCUT2D eigenvalue weighted by Crippen LogP contribution is 2.38. The summed E-state index contributed by atoms with van der Waals surface area (Å²) in [4.78, 5) is 23.2. The number of ether oxygens (including phenoxy) is 1. The molecule has 0 aliphatic carbocycles. The number of halogens is 2. The summed E-state index contributed by atoms with van der Waals surface area (Å²) in [7, 11) is 0. The first-order valence-corrected chi connectivity index (χ1v) is 11.7. The molecule has 2 atom stereocenters. The van der Waals surface area contributed by atoms with E-state index in [9.17, 15) is 18.8 Å². The summed E-state index contributed by atoms with van der Waals surface area (Å²) in [5, 5.41) is 12.4. The fraction of sp³-hybridized carbons (Fsp3) is 0.333. The van der Waals surface area contributed by atoms with Crippen molar-refractivity contribution in [3.63, 3.8) is 0 Å². The van der Waals surface area contributed by atoms with E-state index in [1.54, 1.807) is 6.20 Å². The average molecular weight is 490 g/mol. The lowest BCUT2D eigenvalue weighted by molar-refractivity contribution is 0.0127. The number of rotatable bonds is 4. The topological polar surface area (TPSA) is 91.1 Å². The molecule has 36 heavy (non-hydrogen) atoms. The zero-order valence-corrected chi connectivity index (χ0v) is 20.0. The molecule has 9 heteroatoms. The van der Waals surface area contributed by atoms with Gasteiger partial charge in [0, 0.05) is 42.2 Å². The molecule has 2 aliphatic rings. The molecule has 2 aliphatic heterocycles. The van der Waals surface area contributed by atoms with Crippen molar-refractivity contribution in [2.75, 3.05) is 30.0 Å². The molecule has 0 spiro atoms. The molecular formula is C27H25F2N5O2. The number of morpholine rings is 1. The van der Waals surface area contributed by atoms with Crippen LogP contribution in [0.1, 0.15) is 34.2 Å². The van der Waals surface area contributed by atoms with Crippen LogP contribution in [0.5, 0.6) is 0 Å². The minimum absolute atomic E-state index is 0.0251. The Labute approximate surface area is 207 Å². The van der Waals surface area contributed by atoms with Crippen molar-refractivity contribution in [1.82, 2.24) is 9.97 Å². The van der Waals surface area contributed by atoms with E-state index >= 15 is 0 Å². The molecule has 5 rings (SSSR count). The van der Waals surface area contributed by atoms with E-state index < -0.39 is 17.5 Å². The number of aryl methyl sites for hydroxylation is 1. The lowest BCUT2D eigenvalue weighted by Crippen LogP contribution is -2.52. The molecule has 184 valence electrons. The summed E-state index contributed by atoms with van der Waals surface area (Å²) in [6.07, 6.45) is 3.42. The van der Waals surface area contributed by atoms with Gasteiger partial charge in [-0.2, -0.15) is 14.0 Å². The van der Waals surface area contributed by atoms with Gasteiger partial charge in [-0.05, 0) is 48.7 Å². The number of carbonyl (C=O) groups is 1. The van der Waals surface area contributed by atoms with Gasteiger partial charge in [-0.25, -0.2) is 0 Å². The second-order valence-corrected chi connectivity index (χ2v) is 9.25. The Morgan fingerprint density at radius 2 is 2.08 bits per heavy atom. The summed E-state index contributed by atoms with van der Waals surface area (Å²) in [6, 6.07) is 12.9. The zero-order valence-electron chi connectivity index (χ0n) is 20.0. The van der Waals surface area contributed by atoms with Crippen molar-refractivity contribution < 1.29 is 18.3 Å². The van der Waals surface area contributed by atoms with Gasteiger partial charge in [0.1, 0.15) is 5.69 Å². The molecule has 7 nitrogen and oxygen atoms in total. The summed E-state index contributed by atoms with van der Waals surface area (Å²) >= 11 is 0. The SMILES string of the molecule is Cc1ncc(NC(=O)c2ccnc(C(C)(F)F)c2)cc1-c1ccc2c(c1)N1CCOCC1C(C#N)C2. The van der Waals surface area contributed by atoms with E-state index in [-0.39, 0.29) is 17.5 Å². The smallest absolute Gasteiger partial charge is 0.286 e. The van der Waals surface area contributed by atoms with Crippen LogP contribution in [0, 0.1) is 24.2 Å². The maximum absolute atomic E-state index is 13.6. The molecule has 2 unspecified atom stereocenters. The van der Waals surface area contributed by atoms with Gasteiger partial charge in [0.2, 0.25) is 0 Å². The van der Waals surface area contributed by atoms with Crippen LogP contribution in [0.2, 0.25) is 0 Å². The number of alkyl halides is 2. The van der Waals surface area contributed by atoms with Crippen LogP contribution in [-0.4, -0.2) is 41.7 Å². The number of aromatic nitrogens is 2. The van der Waals surface area contributed by atoms with Crippen molar-refractivity contribution in [1.29, 1.82) is 5.26 Å². The Balaban J connectivity index is 1.44. The number of nitriles is 1. The zero-order chi connectivity index (χ0) is 25.4. The van der Waals surface area contributed by atoms with Gasteiger partial charge in [-0.3, -0.25) is 14.8 Å². The number of hydrogen-bond acceptors (Lipinski definition) is 6. The van der Waals surface area contributed by atoms with Gasteiger partial charge in [-0.15, -0.1) is 0 Å². The normalized spacial score (nSPS) is 19.1. The summed E-state index contributed by atoms with van der Waals surface area (Å²) in [5.74, 6) is -3.79. The van der Waals surface area contributed by atoms with Crippen LogP contribution >= 0.6 is 0 Å². The van der Waals surface area contributed by atoms with Gasteiger partial charge < -0.3 is 15.0 Å². The second kappa shape index (κ2) is 9.28. The Kier molecular flexibility index (Phi) is 6.14. The summed E-state index contributed by atoms with van der Waals surface area (Å²) in [6.45, 7) is 4.50. The average Bonchev–Trinajstić information content (AvgIpc) is 2.88. The van der Waals surface area contributed by atoms with Crippen LogP contribution in [-0.2, 0) is 17.1 Å². The molecule has 1 fully saturated rings. The fourth-order valence-electron chi connectivity index (χ4n) is 4.84. The molecule has 4 heterocycles. The number of hydrogen-bond donors (Lipinski definition) is 1. The van der Waals surface area contributed by atoms with E-state index in [0.717, 1.165) is 47.6 Å². The molecule has 1 aromatic carbocycles. The Bertz CT molecular complexity index is 1370. The van der Waals surface area contributed by atoms with Crippen LogP contribution in [0.3, 0.4) is 0 Å². The summed E-state index contributed by atoms with van der Waals surface area (Å²) in [5.41, 5.74) is 4.86. The molecule has 0 bridgehead atoms. The van der Waals surface area contributed by atoms with E-state index in [4.69, 9.17) is 4.74 Å². The first kappa shape index (κ1) is 23.8. The van der Waals surface area contributed by atoms with Crippen LogP contribution < -0.4 is 10.2 Å². The maximum atomic E-state index is 13.6. The van der Waals surface area contributed by atoms with Crippen molar-refractivity contribution in [2.24, 2.45) is 5.92 Å². The third kappa shape index (κ3) is 4.52. The van der Waals surface area contributed by atoms with Gasteiger partial charge in [0.05, 0.1) is 43.1 Å². The lowest BCUT2D eigenvalue weighted by atomic mass is 9.85. The van der Waals surface area contributed by atoms with E-state index in [1.807, 2.05) is 19.1 Å². The molecule has 1 amide bonds. The minimum atomic E-state index is -3.14. The molecule has 1 saturated heterocycles. The lowest BCUT2D eigenvalue weighted by Gasteiger charge is -2.44. The van der Waals surface area contributed by atoms with Crippen molar-refractivity contribution in [2.45, 2.75) is 32.2 Å². The van der Waals surface area contributed by atoms with Crippen molar-refractivity contribution >= 4 is 17.3 Å². The number of amides is 1. The molecule has 2 aromatic heterocycles. The van der Waals surface area contributed by atoms with Gasteiger partial charge in [0.25, 0.3) is 11.8 Å². The third-order valence-electron chi connectivity index (χ3n) is 6.76. The number of benzene rings is 1. The molecular weight excluding hydrogens is 464 g/mol. The number of fused-ring (bicyclic) bond motifs is 3. The number of pyridine rings is 2. The molecule has 0 saturated carbocycles. The number of nitrogens with zero attached hydrogens (tertiary/aromatic N) is 4. The first-order valence-electron chi connectivity index (χ1n) is 11.7. The quantitative estimate of drug-likeness (QED) is 0.571. The van der Waals surface area contributed by atoms with Crippen LogP contribution in [0.15, 0.2) is 48.8 Å². The van der Waals surface area contributed by atoms with Crippen LogP contribution in [0.4, 0.5) is 20.2 Å². The Morgan fingerprint density at radius 3 is 2.86 bits per heavy atom. The van der Waals surface area contributed by atoms with Crippen LogP contribution in [0.25, 0.3) is 11.1 Å². The van der Waals surface area contributed by atoms with Crippen molar-refractivity contribution in [3.8, 4) is 17.2 Å². The molecule has 1 N–H and O–H groups in total. The van der Waals surface area contributed by atoms with E-state index in [1.165, 1.54) is 12.3 Å². The highest BCUT2D eigenvalue weighted by molar-refractivity contribution is 6.04. The third-order valence-corrected chi connectivity index (χ3v) is 6.76. The number of nitrogens with one attached hydrogen (secondary N) is 1. The van der Waals surface area contributed by atoms with Gasteiger partial charge in [-0.1, -0.05) is 12.1 Å². The van der Waals surface area contributed by atoms with Crippen molar-refractivity contribution in [3.05, 3.63) is 71.3 Å². The highest BCUT2D eigenvalue weighted by Gasteiger charge is 2.36. The Hall–Kier alpha value is -3.90. The molecule has 3 aromatic rings. The number of carbonyl (C=O) groups excluding carboxylic acids is 1. The summed E-state index contributed by atoms with van der Waals surface area (Å²) < 4.78 is 32.9. The first-order chi connectivity index (χ1) is 17.2. The second-order valence-electron chi connectivity index (χ2n) is 9.25. The highest BCUT2D eigenvalue weighted by atomic mass is 19.3. The molecule has 0 radical (unpaired) electrons. The van der Waals surface area contributed by atoms with E-state index in [2.05, 4.69) is 38.4 Å². The van der Waals surface area contributed by atoms with E-state index in [0.29, 0.717) is 25.3 Å². The van der Waals surface area contributed by atoms with Gasteiger partial charge in [0.15, 0.2) is 0 Å². The Morgan fingerprint density at radius 1 is 1.25 bits per heavy atom. The fourth-order valence-corrected chi connectivity index (χ4v) is 4.84. The predicted molar refractivity (Wildman–Crippen MR) is 131 cm³/mol. The number of anilines is 2. The monoisotopic (exact) mass is 489 g/mol. The standard InChI is InChI=1S/C27H25F2N5O2/c1-16-22(12-21(14-32-16)33-26(35)19-5-6-31-25(11-19)27(2,28)29)17-3-4-18-9-20(13-30)24-15-36-8-7-34(24)23(18)10-17/h3-6,10-12,14,20,24H,7-9,15H2,1-2H3,(H,33,35). The van der Waals surface area contributed by atoms with Gasteiger partial charge >= 0.3 is 0 Å². The maximum Gasteiger partial charge on any atom is 0.286 e.